The Balaban J connectivity index is 1.51. The first-order valence-corrected chi connectivity index (χ1v) is 11.2. The SMILES string of the molecule is O=C(OCc1nc2cc(Cl)ccc2c(=O)[nH]1)c1cccc(S(=O)(=O)N2CCOCC2)c1. The van der Waals surface area contributed by atoms with Gasteiger partial charge in [0, 0.05) is 18.1 Å². The maximum Gasteiger partial charge on any atom is 0.338 e. The molecule has 11 heteroatoms. The van der Waals surface area contributed by atoms with Gasteiger partial charge < -0.3 is 14.5 Å². The number of sulfonamides is 1. The molecule has 0 unspecified atom stereocenters. The monoisotopic (exact) mass is 463 g/mol. The van der Waals surface area contributed by atoms with E-state index in [1.54, 1.807) is 12.1 Å². The van der Waals surface area contributed by atoms with Crippen molar-refractivity contribution in [3.63, 3.8) is 0 Å². The number of rotatable bonds is 5. The number of H-pyrrole nitrogens is 1. The van der Waals surface area contributed by atoms with Crippen LogP contribution >= 0.6 is 11.6 Å². The average Bonchev–Trinajstić information content (AvgIpc) is 2.78. The Morgan fingerprint density at radius 1 is 1.19 bits per heavy atom. The summed E-state index contributed by atoms with van der Waals surface area (Å²) in [6.45, 7) is 0.854. The highest BCUT2D eigenvalue weighted by atomic mass is 35.5. The minimum Gasteiger partial charge on any atom is -0.454 e. The van der Waals surface area contributed by atoms with Gasteiger partial charge in [-0.25, -0.2) is 18.2 Å². The van der Waals surface area contributed by atoms with Gasteiger partial charge in [0.05, 0.1) is 34.6 Å². The largest absolute Gasteiger partial charge is 0.454 e. The molecule has 0 aliphatic carbocycles. The number of ether oxygens (including phenoxy) is 2. The van der Waals surface area contributed by atoms with Crippen molar-refractivity contribution in [2.24, 2.45) is 0 Å². The Morgan fingerprint density at radius 3 is 2.74 bits per heavy atom. The third-order valence-electron chi connectivity index (χ3n) is 4.74. The molecule has 2 aromatic carbocycles. The van der Waals surface area contributed by atoms with E-state index in [2.05, 4.69) is 9.97 Å². The first-order valence-electron chi connectivity index (χ1n) is 9.38. The molecule has 0 spiro atoms. The van der Waals surface area contributed by atoms with Gasteiger partial charge in [-0.1, -0.05) is 17.7 Å². The van der Waals surface area contributed by atoms with Crippen LogP contribution in [0.4, 0.5) is 0 Å². The van der Waals surface area contributed by atoms with E-state index in [1.165, 1.54) is 34.6 Å². The van der Waals surface area contributed by atoms with Crippen LogP contribution in [-0.4, -0.2) is 55.0 Å². The van der Waals surface area contributed by atoms with E-state index >= 15 is 0 Å². The Bertz CT molecular complexity index is 1300. The van der Waals surface area contributed by atoms with Gasteiger partial charge in [0.15, 0.2) is 0 Å². The smallest absolute Gasteiger partial charge is 0.338 e. The quantitative estimate of drug-likeness (QED) is 0.574. The second-order valence-electron chi connectivity index (χ2n) is 6.79. The lowest BCUT2D eigenvalue weighted by Crippen LogP contribution is -2.40. The molecule has 1 saturated heterocycles. The van der Waals surface area contributed by atoms with Crippen LogP contribution in [0, 0.1) is 0 Å². The van der Waals surface area contributed by atoms with Gasteiger partial charge >= 0.3 is 5.97 Å². The highest BCUT2D eigenvalue weighted by Gasteiger charge is 2.27. The average molecular weight is 464 g/mol. The number of carbonyl (C=O) groups is 1. The van der Waals surface area contributed by atoms with Gasteiger partial charge in [0.2, 0.25) is 10.0 Å². The number of esters is 1. The molecule has 9 nitrogen and oxygen atoms in total. The summed E-state index contributed by atoms with van der Waals surface area (Å²) in [5, 5.41) is 0.785. The van der Waals surface area contributed by atoms with Crippen LogP contribution in [-0.2, 0) is 26.1 Å². The molecule has 0 bridgehead atoms. The lowest BCUT2D eigenvalue weighted by atomic mass is 10.2. The highest BCUT2D eigenvalue weighted by Crippen LogP contribution is 2.19. The van der Waals surface area contributed by atoms with Crippen molar-refractivity contribution in [2.75, 3.05) is 26.3 Å². The first-order chi connectivity index (χ1) is 14.8. The number of carbonyl (C=O) groups excluding carboxylic acids is 1. The van der Waals surface area contributed by atoms with Gasteiger partial charge in [0.1, 0.15) is 12.4 Å². The number of morpholine rings is 1. The first kappa shape index (κ1) is 21.4. The molecule has 2 heterocycles. The van der Waals surface area contributed by atoms with Crippen LogP contribution in [0.2, 0.25) is 5.02 Å². The van der Waals surface area contributed by atoms with Gasteiger partial charge in [-0.05, 0) is 36.4 Å². The van der Waals surface area contributed by atoms with Crippen LogP contribution in [0.1, 0.15) is 16.2 Å². The van der Waals surface area contributed by atoms with E-state index in [0.29, 0.717) is 29.1 Å². The molecule has 1 aromatic heterocycles. The Kier molecular flexibility index (Phi) is 6.05. The molecule has 0 amide bonds. The highest BCUT2D eigenvalue weighted by molar-refractivity contribution is 7.89. The maximum absolute atomic E-state index is 12.8. The van der Waals surface area contributed by atoms with Crippen molar-refractivity contribution in [3.05, 3.63) is 69.2 Å². The second-order valence-corrected chi connectivity index (χ2v) is 9.17. The van der Waals surface area contributed by atoms with Crippen LogP contribution < -0.4 is 5.56 Å². The normalized spacial score (nSPS) is 15.1. The van der Waals surface area contributed by atoms with E-state index in [1.807, 2.05) is 0 Å². The van der Waals surface area contributed by atoms with Gasteiger partial charge in [0.25, 0.3) is 5.56 Å². The fourth-order valence-electron chi connectivity index (χ4n) is 3.17. The molecule has 1 N–H and O–H groups in total. The zero-order chi connectivity index (χ0) is 22.0. The molecule has 1 aliphatic rings. The van der Waals surface area contributed by atoms with Crippen molar-refractivity contribution in [1.29, 1.82) is 0 Å². The predicted octanol–water partition coefficient (Wildman–Crippen LogP) is 1.95. The van der Waals surface area contributed by atoms with Crippen LogP contribution in [0.25, 0.3) is 10.9 Å². The summed E-state index contributed by atoms with van der Waals surface area (Å²) < 4.78 is 37.3. The molecular weight excluding hydrogens is 446 g/mol. The molecule has 162 valence electrons. The fraction of sp³-hybridized carbons (Fsp3) is 0.250. The molecule has 0 radical (unpaired) electrons. The lowest BCUT2D eigenvalue weighted by molar-refractivity contribution is 0.0462. The van der Waals surface area contributed by atoms with Crippen LogP contribution in [0.3, 0.4) is 0 Å². The van der Waals surface area contributed by atoms with Crippen LogP contribution in [0.5, 0.6) is 0 Å². The Morgan fingerprint density at radius 2 is 1.97 bits per heavy atom. The Labute approximate surface area is 182 Å². The van der Waals surface area contributed by atoms with Gasteiger partial charge in [-0.3, -0.25) is 4.79 Å². The fourth-order valence-corrected chi connectivity index (χ4v) is 4.79. The standard InChI is InChI=1S/C20H18ClN3O6S/c21-14-4-5-16-17(11-14)22-18(23-19(16)25)12-30-20(26)13-2-1-3-15(10-13)31(27,28)24-6-8-29-9-7-24/h1-5,10-11H,6-9,12H2,(H,22,23,25). The number of halogens is 1. The van der Waals surface area contributed by atoms with Crippen molar-refractivity contribution in [2.45, 2.75) is 11.5 Å². The number of nitrogens with zero attached hydrogens (tertiary/aromatic N) is 2. The summed E-state index contributed by atoms with van der Waals surface area (Å²) in [4.78, 5) is 31.5. The van der Waals surface area contributed by atoms with E-state index in [4.69, 9.17) is 21.1 Å². The third kappa shape index (κ3) is 4.62. The van der Waals surface area contributed by atoms with E-state index in [-0.39, 0.29) is 41.5 Å². The summed E-state index contributed by atoms with van der Waals surface area (Å²) in [6, 6.07) is 10.3. The van der Waals surface area contributed by atoms with Crippen molar-refractivity contribution < 1.29 is 22.7 Å². The number of hydrogen-bond acceptors (Lipinski definition) is 7. The minimum absolute atomic E-state index is 0.00395. The van der Waals surface area contributed by atoms with E-state index < -0.39 is 16.0 Å². The molecule has 3 aromatic rings. The third-order valence-corrected chi connectivity index (χ3v) is 6.86. The molecule has 0 atom stereocenters. The second kappa shape index (κ2) is 8.75. The summed E-state index contributed by atoms with van der Waals surface area (Å²) in [5.74, 6) is -0.599. The lowest BCUT2D eigenvalue weighted by Gasteiger charge is -2.26. The number of aromatic nitrogens is 2. The summed E-state index contributed by atoms with van der Waals surface area (Å²) in [7, 11) is -3.75. The number of benzene rings is 2. The van der Waals surface area contributed by atoms with Crippen molar-refractivity contribution in [1.82, 2.24) is 14.3 Å². The zero-order valence-electron chi connectivity index (χ0n) is 16.2. The molecule has 4 rings (SSSR count). The summed E-state index contributed by atoms with van der Waals surface area (Å²) >= 11 is 5.94. The molecule has 1 aliphatic heterocycles. The number of nitrogens with one attached hydrogen (secondary N) is 1. The molecular formula is C20H18ClN3O6S. The molecule has 1 fully saturated rings. The van der Waals surface area contributed by atoms with Gasteiger partial charge in [-0.2, -0.15) is 4.31 Å². The maximum atomic E-state index is 12.8. The van der Waals surface area contributed by atoms with Crippen molar-refractivity contribution >= 4 is 38.5 Å². The summed E-state index contributed by atoms with van der Waals surface area (Å²) in [6.07, 6.45) is 0. The number of fused-ring (bicyclic) bond motifs is 1. The van der Waals surface area contributed by atoms with Crippen molar-refractivity contribution in [3.8, 4) is 0 Å². The van der Waals surface area contributed by atoms with E-state index in [0.717, 1.165) is 0 Å². The molecule has 31 heavy (non-hydrogen) atoms. The topological polar surface area (TPSA) is 119 Å². The van der Waals surface area contributed by atoms with E-state index in [9.17, 15) is 18.0 Å². The molecule has 0 saturated carbocycles. The summed E-state index contributed by atoms with van der Waals surface area (Å²) in [5.41, 5.74) is 0.0627. The van der Waals surface area contributed by atoms with Crippen LogP contribution in [0.15, 0.2) is 52.2 Å². The zero-order valence-corrected chi connectivity index (χ0v) is 17.8. The minimum atomic E-state index is -3.75. The van der Waals surface area contributed by atoms with Gasteiger partial charge in [-0.15, -0.1) is 0 Å². The predicted molar refractivity (Wildman–Crippen MR) is 113 cm³/mol. The Hall–Kier alpha value is -2.79. The number of hydrogen-bond donors (Lipinski definition) is 1. The number of aromatic amines is 1.